The van der Waals surface area contributed by atoms with Crippen molar-refractivity contribution in [3.8, 4) is 16.9 Å². The van der Waals surface area contributed by atoms with Crippen molar-refractivity contribution >= 4 is 28.8 Å². The molecule has 0 amide bonds. The lowest BCUT2D eigenvalue weighted by Gasteiger charge is -2.20. The molecule has 5 rings (SSSR count). The van der Waals surface area contributed by atoms with Crippen LogP contribution in [0.25, 0.3) is 28.0 Å². The normalized spacial score (nSPS) is 13.0. The van der Waals surface area contributed by atoms with Crippen LogP contribution in [0, 0.1) is 0 Å². The third kappa shape index (κ3) is 9.46. The maximum absolute atomic E-state index is 13.3. The van der Waals surface area contributed by atoms with E-state index in [2.05, 4.69) is 25.3 Å². The van der Waals surface area contributed by atoms with Crippen LogP contribution in [-0.2, 0) is 6.42 Å². The Hall–Kier alpha value is -4.66. The Labute approximate surface area is 280 Å². The number of nitrogens with two attached hydrogens (primary N) is 3. The van der Waals surface area contributed by atoms with Gasteiger partial charge in [-0.3, -0.25) is 14.5 Å². The van der Waals surface area contributed by atoms with Crippen molar-refractivity contribution in [3.05, 3.63) is 106 Å². The van der Waals surface area contributed by atoms with Crippen LogP contribution in [0.1, 0.15) is 48.9 Å². The smallest absolute Gasteiger partial charge is 0.370 e. The number of fused-ring (bicyclic) bond motifs is 1. The molecule has 10 nitrogen and oxygen atoms in total. The average Bonchev–Trinajstić information content (AvgIpc) is 3.45. The van der Waals surface area contributed by atoms with Crippen molar-refractivity contribution in [2.75, 3.05) is 13.1 Å². The van der Waals surface area contributed by atoms with Gasteiger partial charge < -0.3 is 27.5 Å². The minimum atomic E-state index is -4.43. The molecule has 2 aromatic carbocycles. The SMILES string of the molecule is C[C@H](N)CCCc1cc(SC(F)(F)F)cc(-c2cc3cn(-c4ccc([C@@H](NCCCN=C(N)N)c5cccnc5)cc4)c(=O)nc3[nH]2)c1. The largest absolute Gasteiger partial charge is 0.446 e. The highest BCUT2D eigenvalue weighted by atomic mass is 32.2. The number of nitrogens with zero attached hydrogens (tertiary/aromatic N) is 4. The molecule has 0 aliphatic rings. The van der Waals surface area contributed by atoms with Gasteiger partial charge in [0, 0.05) is 47.2 Å². The second kappa shape index (κ2) is 15.5. The predicted molar refractivity (Wildman–Crippen MR) is 185 cm³/mol. The van der Waals surface area contributed by atoms with Gasteiger partial charge in [0.15, 0.2) is 5.96 Å². The quantitative estimate of drug-likeness (QED) is 0.0451. The number of pyridine rings is 1. The van der Waals surface area contributed by atoms with Gasteiger partial charge in [-0.25, -0.2) is 4.79 Å². The number of aryl methyl sites for hydroxylation is 1. The molecule has 0 radical (unpaired) electrons. The molecule has 0 saturated heterocycles. The molecule has 3 aromatic heterocycles. The second-order valence-corrected chi connectivity index (χ2v) is 12.7. The number of nitrogens with one attached hydrogen (secondary N) is 2. The van der Waals surface area contributed by atoms with Crippen molar-refractivity contribution in [1.82, 2.24) is 24.8 Å². The number of hydrogen-bond donors (Lipinski definition) is 5. The molecule has 2 atom stereocenters. The summed E-state index contributed by atoms with van der Waals surface area (Å²) in [5.41, 5.74) is 16.6. The summed E-state index contributed by atoms with van der Waals surface area (Å²) >= 11 is -0.149. The molecular weight excluding hydrogens is 639 g/mol. The van der Waals surface area contributed by atoms with Crippen molar-refractivity contribution in [3.63, 3.8) is 0 Å². The van der Waals surface area contributed by atoms with Crippen molar-refractivity contribution in [2.24, 2.45) is 22.2 Å². The first-order valence-electron chi connectivity index (χ1n) is 15.5. The fraction of sp³-hybridized carbons (Fsp3) is 0.294. The average molecular weight is 678 g/mol. The molecule has 14 heteroatoms. The summed E-state index contributed by atoms with van der Waals surface area (Å²) in [6, 6.07) is 18.0. The van der Waals surface area contributed by atoms with Crippen molar-refractivity contribution in [1.29, 1.82) is 0 Å². The number of hydrogen-bond acceptors (Lipinski definition) is 7. The number of aromatic nitrogens is 4. The molecule has 48 heavy (non-hydrogen) atoms. The van der Waals surface area contributed by atoms with E-state index in [1.165, 1.54) is 10.6 Å². The van der Waals surface area contributed by atoms with E-state index in [9.17, 15) is 18.0 Å². The number of thioether (sulfide) groups is 1. The maximum Gasteiger partial charge on any atom is 0.446 e. The van der Waals surface area contributed by atoms with Crippen LogP contribution < -0.4 is 28.2 Å². The van der Waals surface area contributed by atoms with Crippen LogP contribution in [-0.4, -0.2) is 50.1 Å². The number of rotatable bonds is 14. The van der Waals surface area contributed by atoms with Crippen molar-refractivity contribution < 1.29 is 13.2 Å². The fourth-order valence-electron chi connectivity index (χ4n) is 5.45. The summed E-state index contributed by atoms with van der Waals surface area (Å²) in [5, 5.41) is 4.17. The van der Waals surface area contributed by atoms with Gasteiger partial charge in [-0.1, -0.05) is 18.2 Å². The van der Waals surface area contributed by atoms with E-state index in [-0.39, 0.29) is 34.7 Å². The number of guanidine groups is 1. The van der Waals surface area contributed by atoms with Crippen LogP contribution in [0.4, 0.5) is 13.2 Å². The molecule has 0 spiro atoms. The minimum absolute atomic E-state index is 0.00769. The lowest BCUT2D eigenvalue weighted by Crippen LogP contribution is -2.26. The van der Waals surface area contributed by atoms with Crippen LogP contribution >= 0.6 is 11.8 Å². The minimum Gasteiger partial charge on any atom is -0.370 e. The van der Waals surface area contributed by atoms with Crippen LogP contribution in [0.2, 0.25) is 0 Å². The molecule has 0 aliphatic heterocycles. The Kier molecular flexibility index (Phi) is 11.2. The summed E-state index contributed by atoms with van der Waals surface area (Å²) in [6.45, 7) is 3.06. The monoisotopic (exact) mass is 677 g/mol. The third-order valence-corrected chi connectivity index (χ3v) is 8.35. The Morgan fingerprint density at radius 2 is 1.88 bits per heavy atom. The van der Waals surface area contributed by atoms with E-state index in [0.29, 0.717) is 47.5 Å². The maximum atomic E-state index is 13.3. The number of benzene rings is 2. The molecule has 0 saturated carbocycles. The van der Waals surface area contributed by atoms with Gasteiger partial charge in [0.1, 0.15) is 5.65 Å². The Morgan fingerprint density at radius 1 is 1.08 bits per heavy atom. The lowest BCUT2D eigenvalue weighted by atomic mass is 9.99. The molecule has 0 bridgehead atoms. The molecule has 8 N–H and O–H groups in total. The standard InChI is InChI=1S/C34H38F3N9OS/c1-21(38)5-2-6-22-15-25(17-28(16-22)48-34(35,36)37)29-18-26-20-46(33(47)45-31(26)44-29)27-10-8-23(9-11-27)30(24-7-3-12-41-19-24)42-13-4-14-43-32(39)40/h3,7-12,15-21,30,42H,2,4-6,13-14,38H2,1H3,(H4,39,40,43)(H,44,45,47)/t21-,30+/m0/s1. The van der Waals surface area contributed by atoms with Crippen LogP contribution in [0.15, 0.2) is 93.9 Å². The van der Waals surface area contributed by atoms with E-state index >= 15 is 0 Å². The molecule has 0 fully saturated rings. The molecule has 5 aromatic rings. The van der Waals surface area contributed by atoms with Gasteiger partial charge in [0.05, 0.1) is 11.7 Å². The van der Waals surface area contributed by atoms with Gasteiger partial charge in [-0.2, -0.15) is 18.2 Å². The zero-order chi connectivity index (χ0) is 34.3. The van der Waals surface area contributed by atoms with E-state index in [4.69, 9.17) is 17.2 Å². The van der Waals surface area contributed by atoms with E-state index in [1.807, 2.05) is 49.4 Å². The number of halogens is 3. The molecule has 3 heterocycles. The molecular formula is C34H38F3N9OS. The highest BCUT2D eigenvalue weighted by molar-refractivity contribution is 8.00. The molecule has 0 unspecified atom stereocenters. The Morgan fingerprint density at radius 3 is 2.56 bits per heavy atom. The highest BCUT2D eigenvalue weighted by Gasteiger charge is 2.29. The van der Waals surface area contributed by atoms with Gasteiger partial charge in [0.2, 0.25) is 0 Å². The van der Waals surface area contributed by atoms with Gasteiger partial charge in [-0.05, 0) is 116 Å². The van der Waals surface area contributed by atoms with Crippen molar-refractivity contribution in [2.45, 2.75) is 55.1 Å². The first-order valence-corrected chi connectivity index (χ1v) is 16.3. The molecule has 0 aliphatic carbocycles. The summed E-state index contributed by atoms with van der Waals surface area (Å²) in [4.78, 5) is 28.9. The Balaban J connectivity index is 1.41. The van der Waals surface area contributed by atoms with E-state index < -0.39 is 11.2 Å². The number of aromatic amines is 1. The number of alkyl halides is 3. The highest BCUT2D eigenvalue weighted by Crippen LogP contribution is 2.39. The zero-order valence-corrected chi connectivity index (χ0v) is 27.2. The van der Waals surface area contributed by atoms with E-state index in [1.54, 1.807) is 30.7 Å². The number of aliphatic imine (C=N–C) groups is 1. The summed E-state index contributed by atoms with van der Waals surface area (Å²) in [6.07, 6.45) is 8.03. The number of H-pyrrole nitrogens is 1. The fourth-order valence-corrected chi connectivity index (χ4v) is 6.12. The van der Waals surface area contributed by atoms with Crippen LogP contribution in [0.3, 0.4) is 0 Å². The topological polar surface area (TPSA) is 166 Å². The zero-order valence-electron chi connectivity index (χ0n) is 26.4. The first-order chi connectivity index (χ1) is 22.9. The second-order valence-electron chi connectivity index (χ2n) is 11.6. The Bertz CT molecular complexity index is 1900. The summed E-state index contributed by atoms with van der Waals surface area (Å²) in [7, 11) is 0. The van der Waals surface area contributed by atoms with Gasteiger partial charge in [0.25, 0.3) is 0 Å². The van der Waals surface area contributed by atoms with Gasteiger partial charge >= 0.3 is 11.2 Å². The summed E-state index contributed by atoms with van der Waals surface area (Å²) < 4.78 is 41.4. The lowest BCUT2D eigenvalue weighted by molar-refractivity contribution is -0.0328. The molecule has 252 valence electrons. The van der Waals surface area contributed by atoms with E-state index in [0.717, 1.165) is 36.0 Å². The third-order valence-electron chi connectivity index (χ3n) is 7.64. The van der Waals surface area contributed by atoms with Crippen LogP contribution in [0.5, 0.6) is 0 Å². The van der Waals surface area contributed by atoms with Gasteiger partial charge in [-0.15, -0.1) is 0 Å². The first kappa shape index (κ1) is 34.7. The predicted octanol–water partition coefficient (Wildman–Crippen LogP) is 5.40. The summed E-state index contributed by atoms with van der Waals surface area (Å²) in [5.74, 6) is 0.0559.